The van der Waals surface area contributed by atoms with Gasteiger partial charge >= 0.3 is 0 Å². The van der Waals surface area contributed by atoms with Gasteiger partial charge in [0.25, 0.3) is 5.91 Å². The van der Waals surface area contributed by atoms with Gasteiger partial charge in [-0.05, 0) is 77.9 Å². The van der Waals surface area contributed by atoms with E-state index < -0.39 is 0 Å². The number of nitrogens with zero attached hydrogens (tertiary/aromatic N) is 1. The Bertz CT molecular complexity index is 962. The predicted octanol–water partition coefficient (Wildman–Crippen LogP) is 4.70. The summed E-state index contributed by atoms with van der Waals surface area (Å²) in [6.45, 7) is 3.86. The fourth-order valence-electron chi connectivity index (χ4n) is 2.42. The number of carbonyl (C=O) groups is 1. The lowest BCUT2D eigenvalue weighted by molar-refractivity contribution is -0.123. The highest BCUT2D eigenvalue weighted by atomic mass is 127. The minimum Gasteiger partial charge on any atom is -0.483 e. The average Bonchev–Trinajstić information content (AvgIpc) is 3.12. The number of hydrazone groups is 1. The third kappa shape index (κ3) is 5.19. The molecule has 1 heterocycles. The number of ether oxygens (including phenoxy) is 1. The van der Waals surface area contributed by atoms with E-state index in [9.17, 15) is 4.79 Å². The van der Waals surface area contributed by atoms with E-state index in [2.05, 4.69) is 33.1 Å². The van der Waals surface area contributed by atoms with Crippen LogP contribution in [0.1, 0.15) is 16.9 Å². The van der Waals surface area contributed by atoms with Crippen LogP contribution in [0, 0.1) is 17.4 Å². The van der Waals surface area contributed by atoms with Gasteiger partial charge in [-0.1, -0.05) is 24.3 Å². The molecule has 3 rings (SSSR count). The fraction of sp³-hybridized carbons (Fsp3) is 0.143. The minimum atomic E-state index is -0.337. The third-order valence-electron chi connectivity index (χ3n) is 4.05. The lowest BCUT2D eigenvalue weighted by Gasteiger charge is -2.09. The second-order valence-electron chi connectivity index (χ2n) is 5.99. The zero-order valence-corrected chi connectivity index (χ0v) is 17.2. The van der Waals surface area contributed by atoms with Crippen LogP contribution in [-0.2, 0) is 4.79 Å². The number of aryl methyl sites for hydroxylation is 1. The highest BCUT2D eigenvalue weighted by molar-refractivity contribution is 14.1. The summed E-state index contributed by atoms with van der Waals surface area (Å²) in [6, 6.07) is 17.4. The van der Waals surface area contributed by atoms with Gasteiger partial charge in [0.15, 0.2) is 6.61 Å². The van der Waals surface area contributed by atoms with Crippen molar-refractivity contribution in [2.45, 2.75) is 13.8 Å². The average molecular weight is 474 g/mol. The molecule has 0 radical (unpaired) electrons. The molecule has 0 unspecified atom stereocenters. The fourth-order valence-corrected chi connectivity index (χ4v) is 2.78. The standard InChI is InChI=1S/C21H19IN2O3/c1-14-4-3-5-19(15(14)2)26-13-21(25)24-23-12-18-10-11-20(27-18)16-6-8-17(22)9-7-16/h3-12H,13H2,1-2H3,(H,24,25)/b23-12-. The van der Waals surface area contributed by atoms with Crippen molar-refractivity contribution in [2.75, 3.05) is 6.61 Å². The van der Waals surface area contributed by atoms with E-state index in [0.717, 1.165) is 26.0 Å². The topological polar surface area (TPSA) is 63.8 Å². The van der Waals surface area contributed by atoms with Crippen LogP contribution in [0.15, 0.2) is 64.1 Å². The molecule has 0 aliphatic carbocycles. The largest absolute Gasteiger partial charge is 0.483 e. The van der Waals surface area contributed by atoms with Crippen LogP contribution < -0.4 is 10.2 Å². The van der Waals surface area contributed by atoms with Crippen molar-refractivity contribution in [3.05, 3.63) is 75.1 Å². The molecule has 0 atom stereocenters. The minimum absolute atomic E-state index is 0.103. The van der Waals surface area contributed by atoms with Crippen molar-refractivity contribution < 1.29 is 13.9 Å². The van der Waals surface area contributed by atoms with Gasteiger partial charge in [0.05, 0.1) is 6.21 Å². The summed E-state index contributed by atoms with van der Waals surface area (Å²) < 4.78 is 12.4. The summed E-state index contributed by atoms with van der Waals surface area (Å²) in [4.78, 5) is 11.9. The molecule has 0 saturated carbocycles. The molecule has 27 heavy (non-hydrogen) atoms. The number of benzene rings is 2. The van der Waals surface area contributed by atoms with Crippen LogP contribution in [0.25, 0.3) is 11.3 Å². The van der Waals surface area contributed by atoms with Crippen LogP contribution in [-0.4, -0.2) is 18.7 Å². The van der Waals surface area contributed by atoms with Crippen molar-refractivity contribution in [1.29, 1.82) is 0 Å². The SMILES string of the molecule is Cc1cccc(OCC(=O)N/N=C\c2ccc(-c3ccc(I)cc3)o2)c1C. The Morgan fingerprint density at radius 1 is 1.15 bits per heavy atom. The van der Waals surface area contributed by atoms with Crippen molar-refractivity contribution in [2.24, 2.45) is 5.10 Å². The lowest BCUT2D eigenvalue weighted by Crippen LogP contribution is -2.24. The van der Waals surface area contributed by atoms with E-state index >= 15 is 0 Å². The molecule has 1 amide bonds. The zero-order valence-electron chi connectivity index (χ0n) is 15.0. The third-order valence-corrected chi connectivity index (χ3v) is 4.77. The Morgan fingerprint density at radius 2 is 1.93 bits per heavy atom. The quantitative estimate of drug-likeness (QED) is 0.320. The maximum atomic E-state index is 11.9. The lowest BCUT2D eigenvalue weighted by atomic mass is 10.1. The van der Waals surface area contributed by atoms with Gasteiger partial charge in [-0.2, -0.15) is 5.10 Å². The van der Waals surface area contributed by atoms with E-state index in [1.54, 1.807) is 6.07 Å². The van der Waals surface area contributed by atoms with E-state index in [4.69, 9.17) is 9.15 Å². The summed E-state index contributed by atoms with van der Waals surface area (Å²) in [5, 5.41) is 3.92. The molecular weight excluding hydrogens is 455 g/mol. The Morgan fingerprint density at radius 3 is 2.70 bits per heavy atom. The maximum Gasteiger partial charge on any atom is 0.277 e. The Hall–Kier alpha value is -2.61. The van der Waals surface area contributed by atoms with Crippen LogP contribution >= 0.6 is 22.6 Å². The van der Waals surface area contributed by atoms with Crippen molar-refractivity contribution in [3.8, 4) is 17.1 Å². The second kappa shape index (κ2) is 8.85. The first kappa shape index (κ1) is 19.2. The van der Waals surface area contributed by atoms with Gasteiger partial charge in [0, 0.05) is 9.13 Å². The monoisotopic (exact) mass is 474 g/mol. The van der Waals surface area contributed by atoms with Crippen LogP contribution in [0.3, 0.4) is 0 Å². The summed E-state index contributed by atoms with van der Waals surface area (Å²) in [5.41, 5.74) is 5.56. The first-order valence-electron chi connectivity index (χ1n) is 8.39. The predicted molar refractivity (Wildman–Crippen MR) is 114 cm³/mol. The number of rotatable bonds is 6. The Balaban J connectivity index is 1.52. The van der Waals surface area contributed by atoms with Crippen LogP contribution in [0.5, 0.6) is 5.75 Å². The van der Waals surface area contributed by atoms with Gasteiger partial charge in [-0.25, -0.2) is 5.43 Å². The number of hydrogen-bond acceptors (Lipinski definition) is 4. The van der Waals surface area contributed by atoms with Gasteiger partial charge in [0.2, 0.25) is 0 Å². The first-order valence-corrected chi connectivity index (χ1v) is 9.47. The Kier molecular flexibility index (Phi) is 6.28. The molecule has 1 N–H and O–H groups in total. The summed E-state index contributed by atoms with van der Waals surface area (Å²) in [7, 11) is 0. The summed E-state index contributed by atoms with van der Waals surface area (Å²) >= 11 is 2.26. The van der Waals surface area contributed by atoms with Gasteiger partial charge < -0.3 is 9.15 Å². The molecule has 138 valence electrons. The molecule has 6 heteroatoms. The number of nitrogens with one attached hydrogen (secondary N) is 1. The first-order chi connectivity index (χ1) is 13.0. The van der Waals surface area contributed by atoms with Crippen molar-refractivity contribution >= 4 is 34.7 Å². The van der Waals surface area contributed by atoms with Gasteiger partial charge in [-0.3, -0.25) is 4.79 Å². The molecule has 5 nitrogen and oxygen atoms in total. The molecule has 0 aliphatic heterocycles. The van der Waals surface area contributed by atoms with Gasteiger partial charge in [-0.15, -0.1) is 0 Å². The van der Waals surface area contributed by atoms with Crippen LogP contribution in [0.4, 0.5) is 0 Å². The van der Waals surface area contributed by atoms with Crippen molar-refractivity contribution in [1.82, 2.24) is 5.43 Å². The molecule has 0 fully saturated rings. The molecular formula is C21H19IN2O3. The second-order valence-corrected chi connectivity index (χ2v) is 7.23. The van der Waals surface area contributed by atoms with Crippen LogP contribution in [0.2, 0.25) is 0 Å². The number of hydrogen-bond donors (Lipinski definition) is 1. The zero-order chi connectivity index (χ0) is 19.2. The molecule has 2 aromatic carbocycles. The smallest absolute Gasteiger partial charge is 0.277 e. The van der Waals surface area contributed by atoms with E-state index in [1.165, 1.54) is 6.21 Å². The maximum absolute atomic E-state index is 11.9. The molecule has 0 bridgehead atoms. The van der Waals surface area contributed by atoms with E-state index in [-0.39, 0.29) is 12.5 Å². The number of carbonyl (C=O) groups excluding carboxylic acids is 1. The molecule has 0 spiro atoms. The normalized spacial score (nSPS) is 10.9. The highest BCUT2D eigenvalue weighted by Crippen LogP contribution is 2.22. The highest BCUT2D eigenvalue weighted by Gasteiger charge is 2.06. The molecule has 0 saturated heterocycles. The van der Waals surface area contributed by atoms with Crippen molar-refractivity contribution in [3.63, 3.8) is 0 Å². The number of amides is 1. The number of furan rings is 1. The summed E-state index contributed by atoms with van der Waals surface area (Å²) in [5.74, 6) is 1.66. The van der Waals surface area contributed by atoms with E-state index in [1.807, 2.05) is 62.4 Å². The van der Waals surface area contributed by atoms with E-state index in [0.29, 0.717) is 11.5 Å². The van der Waals surface area contributed by atoms with Gasteiger partial charge in [0.1, 0.15) is 17.3 Å². The molecule has 0 aliphatic rings. The Labute approximate surface area is 171 Å². The number of halogens is 1. The molecule has 3 aromatic rings. The summed E-state index contributed by atoms with van der Waals surface area (Å²) in [6.07, 6.45) is 1.46. The molecule has 1 aromatic heterocycles.